The lowest BCUT2D eigenvalue weighted by atomic mass is 9.61. The van der Waals surface area contributed by atoms with Gasteiger partial charge in [-0.25, -0.2) is 0 Å². The Balaban J connectivity index is 1.26. The van der Waals surface area contributed by atoms with Crippen LogP contribution in [0.2, 0.25) is 0 Å². The maximum absolute atomic E-state index is 2.57. The van der Waals surface area contributed by atoms with E-state index in [1.165, 1.54) is 89.9 Å². The summed E-state index contributed by atoms with van der Waals surface area (Å²) in [4.78, 5) is 0. The van der Waals surface area contributed by atoms with Gasteiger partial charge in [0.05, 0.1) is 0 Å². The van der Waals surface area contributed by atoms with E-state index in [1.807, 2.05) is 0 Å². The van der Waals surface area contributed by atoms with Gasteiger partial charge in [-0.2, -0.15) is 0 Å². The quantitative estimate of drug-likeness (QED) is 0.276. The fraction of sp³-hybridized carbons (Fsp3) is 0.742. The molecule has 3 aliphatic rings. The van der Waals surface area contributed by atoms with Crippen molar-refractivity contribution in [3.63, 3.8) is 0 Å². The summed E-state index contributed by atoms with van der Waals surface area (Å²) in [5.74, 6) is 5.13. The smallest absolute Gasteiger partial charge is 0.0245 e. The Kier molecular flexibility index (Phi) is 8.74. The number of hydrogen-bond donors (Lipinski definition) is 0. The largest absolute Gasteiger partial charge is 0.0917 e. The molecular weight excluding hydrogens is 372 g/mol. The van der Waals surface area contributed by atoms with Gasteiger partial charge in [-0.15, -0.1) is 0 Å². The molecule has 0 heteroatoms. The minimum atomic E-state index is 0.969. The third-order valence-electron chi connectivity index (χ3n) is 9.26. The molecule has 172 valence electrons. The van der Waals surface area contributed by atoms with E-state index in [4.69, 9.17) is 0 Å². The number of fused-ring (bicyclic) bond motifs is 2. The van der Waals surface area contributed by atoms with Crippen molar-refractivity contribution in [2.75, 3.05) is 0 Å². The molecule has 4 rings (SSSR count). The highest BCUT2D eigenvalue weighted by Crippen LogP contribution is 2.49. The Morgan fingerprint density at radius 2 is 1.65 bits per heavy atom. The normalized spacial score (nSPS) is 30.8. The molecule has 0 heterocycles. The highest BCUT2D eigenvalue weighted by atomic mass is 14.4. The van der Waals surface area contributed by atoms with Crippen LogP contribution in [0.3, 0.4) is 0 Å². The molecule has 0 bridgehead atoms. The molecule has 1 aromatic carbocycles. The molecule has 0 radical (unpaired) electrons. The zero-order valence-corrected chi connectivity index (χ0v) is 20.6. The van der Waals surface area contributed by atoms with Gasteiger partial charge in [0, 0.05) is 0 Å². The molecule has 0 saturated heterocycles. The van der Waals surface area contributed by atoms with Crippen molar-refractivity contribution in [1.82, 2.24) is 0 Å². The van der Waals surface area contributed by atoms with Crippen LogP contribution in [0.4, 0.5) is 0 Å². The summed E-state index contributed by atoms with van der Waals surface area (Å²) in [5.41, 5.74) is 4.99. The van der Waals surface area contributed by atoms with Crippen LogP contribution < -0.4 is 0 Å². The first-order chi connectivity index (χ1) is 15.3. The molecule has 0 amide bonds. The van der Waals surface area contributed by atoms with E-state index in [0.717, 1.165) is 29.6 Å². The Morgan fingerprint density at radius 1 is 0.839 bits per heavy atom. The number of unbranched alkanes of at least 4 members (excludes halogenated alkanes) is 3. The number of rotatable bonds is 9. The first kappa shape index (κ1) is 23.1. The summed E-state index contributed by atoms with van der Waals surface area (Å²) in [6, 6.07) is 7.54. The van der Waals surface area contributed by atoms with Gasteiger partial charge in [0.1, 0.15) is 0 Å². The average Bonchev–Trinajstić information content (AvgIpc) is 2.81. The van der Waals surface area contributed by atoms with Crippen LogP contribution in [0, 0.1) is 29.6 Å². The predicted octanol–water partition coefficient (Wildman–Crippen LogP) is 9.10. The lowest BCUT2D eigenvalue weighted by Crippen LogP contribution is -2.35. The zero-order valence-electron chi connectivity index (χ0n) is 20.6. The second-order valence-electron chi connectivity index (χ2n) is 11.3. The molecule has 2 saturated carbocycles. The molecule has 0 nitrogen and oxygen atoms in total. The fourth-order valence-electron chi connectivity index (χ4n) is 7.36. The summed E-state index contributed by atoms with van der Waals surface area (Å²) in [6.07, 6.45) is 27.5. The number of aryl methyl sites for hydroxylation is 2. The first-order valence-electron chi connectivity index (χ1n) is 14.0. The predicted molar refractivity (Wildman–Crippen MR) is 136 cm³/mol. The SMILES string of the molecule is C/C=C/CCC1CCC2CC(C3CCc4cc(CCCCCC)ccc4C3)CCC2C1. The van der Waals surface area contributed by atoms with Crippen molar-refractivity contribution in [1.29, 1.82) is 0 Å². The van der Waals surface area contributed by atoms with Crippen LogP contribution in [0.5, 0.6) is 0 Å². The van der Waals surface area contributed by atoms with E-state index in [9.17, 15) is 0 Å². The third kappa shape index (κ3) is 6.27. The van der Waals surface area contributed by atoms with E-state index in [1.54, 1.807) is 29.5 Å². The van der Waals surface area contributed by atoms with Gasteiger partial charge in [-0.3, -0.25) is 0 Å². The van der Waals surface area contributed by atoms with Gasteiger partial charge < -0.3 is 0 Å². The van der Waals surface area contributed by atoms with E-state index >= 15 is 0 Å². The molecule has 5 atom stereocenters. The zero-order chi connectivity index (χ0) is 21.5. The molecule has 0 spiro atoms. The molecule has 0 aromatic heterocycles. The molecule has 3 aliphatic carbocycles. The summed E-state index contributed by atoms with van der Waals surface area (Å²) in [7, 11) is 0. The van der Waals surface area contributed by atoms with Gasteiger partial charge in [0.15, 0.2) is 0 Å². The van der Waals surface area contributed by atoms with Gasteiger partial charge in [0.2, 0.25) is 0 Å². The summed E-state index contributed by atoms with van der Waals surface area (Å²) in [5, 5.41) is 0. The van der Waals surface area contributed by atoms with Crippen LogP contribution in [0.25, 0.3) is 0 Å². The van der Waals surface area contributed by atoms with Crippen molar-refractivity contribution < 1.29 is 0 Å². The van der Waals surface area contributed by atoms with Crippen molar-refractivity contribution in [2.45, 2.75) is 117 Å². The molecule has 2 fully saturated rings. The average molecular weight is 421 g/mol. The van der Waals surface area contributed by atoms with E-state index in [0.29, 0.717) is 0 Å². The summed E-state index contributed by atoms with van der Waals surface area (Å²) >= 11 is 0. The second kappa shape index (κ2) is 11.7. The second-order valence-corrected chi connectivity index (χ2v) is 11.3. The summed E-state index contributed by atoms with van der Waals surface area (Å²) < 4.78 is 0. The topological polar surface area (TPSA) is 0 Å². The minimum Gasteiger partial charge on any atom is -0.0917 e. The maximum Gasteiger partial charge on any atom is -0.0245 e. The fourth-order valence-corrected chi connectivity index (χ4v) is 7.36. The Hall–Kier alpha value is -1.04. The Bertz CT molecular complexity index is 698. The van der Waals surface area contributed by atoms with Gasteiger partial charge in [0.25, 0.3) is 0 Å². The van der Waals surface area contributed by atoms with Crippen molar-refractivity contribution in [3.05, 3.63) is 47.0 Å². The number of benzene rings is 1. The lowest BCUT2D eigenvalue weighted by molar-refractivity contribution is 0.0699. The van der Waals surface area contributed by atoms with Crippen molar-refractivity contribution in [3.8, 4) is 0 Å². The Labute approximate surface area is 193 Å². The van der Waals surface area contributed by atoms with Gasteiger partial charge in [-0.05, 0) is 130 Å². The van der Waals surface area contributed by atoms with Gasteiger partial charge >= 0.3 is 0 Å². The first-order valence-corrected chi connectivity index (χ1v) is 14.0. The lowest BCUT2D eigenvalue weighted by Gasteiger charge is -2.45. The van der Waals surface area contributed by atoms with Crippen LogP contribution in [-0.2, 0) is 19.3 Å². The third-order valence-corrected chi connectivity index (χ3v) is 9.26. The molecular formula is C31H48. The van der Waals surface area contributed by atoms with Crippen LogP contribution in [0.15, 0.2) is 30.4 Å². The van der Waals surface area contributed by atoms with E-state index < -0.39 is 0 Å². The molecule has 0 aliphatic heterocycles. The van der Waals surface area contributed by atoms with Crippen molar-refractivity contribution >= 4 is 0 Å². The maximum atomic E-state index is 2.57. The standard InChI is InChI=1S/C31H48/c1-3-5-7-9-11-25-13-15-29-23-31(19-17-27(29)21-25)30-18-16-26-20-24(10-8-6-4-2)12-14-28(26)22-30/h4,6,13,15,21,24,26,28,30-31H,3,5,7-12,14,16-20,22-23H2,1-2H3/b6-4+. The van der Waals surface area contributed by atoms with E-state index in [2.05, 4.69) is 44.2 Å². The Morgan fingerprint density at radius 3 is 2.48 bits per heavy atom. The van der Waals surface area contributed by atoms with E-state index in [-0.39, 0.29) is 0 Å². The van der Waals surface area contributed by atoms with Crippen LogP contribution in [-0.4, -0.2) is 0 Å². The molecule has 31 heavy (non-hydrogen) atoms. The van der Waals surface area contributed by atoms with Gasteiger partial charge in [-0.1, -0.05) is 63.0 Å². The number of allylic oxidation sites excluding steroid dienone is 2. The van der Waals surface area contributed by atoms with Crippen LogP contribution in [0.1, 0.15) is 114 Å². The molecule has 1 aromatic rings. The molecule has 0 N–H and O–H groups in total. The monoisotopic (exact) mass is 420 g/mol. The van der Waals surface area contributed by atoms with Crippen molar-refractivity contribution in [2.24, 2.45) is 29.6 Å². The molecule has 5 unspecified atom stereocenters. The highest BCUT2D eigenvalue weighted by molar-refractivity contribution is 5.34. The number of hydrogen-bond acceptors (Lipinski definition) is 0. The highest BCUT2D eigenvalue weighted by Gasteiger charge is 2.38. The van der Waals surface area contributed by atoms with Crippen LogP contribution >= 0.6 is 0 Å². The minimum absolute atomic E-state index is 0.969. The summed E-state index contributed by atoms with van der Waals surface area (Å²) in [6.45, 7) is 4.47.